The molecule has 6 heteroatoms. The molecule has 0 spiro atoms. The zero-order valence-electron chi connectivity index (χ0n) is 22.5. The van der Waals surface area contributed by atoms with Gasteiger partial charge >= 0.3 is 6.71 Å². The maximum absolute atomic E-state index is 6.44. The Labute approximate surface area is 218 Å². The van der Waals surface area contributed by atoms with E-state index in [1.165, 1.54) is 44.3 Å². The van der Waals surface area contributed by atoms with Crippen LogP contribution in [-0.4, -0.2) is 23.8 Å². The van der Waals surface area contributed by atoms with Crippen LogP contribution in [0.5, 0.6) is 5.75 Å². The van der Waals surface area contributed by atoms with E-state index in [1.54, 1.807) is 19.5 Å². The largest absolute Gasteiger partial charge is 0.497 e. The minimum absolute atomic E-state index is 0.140. The summed E-state index contributed by atoms with van der Waals surface area (Å²) in [5.74, 6) is 3.03. The highest BCUT2D eigenvalue weighted by Crippen LogP contribution is 2.27. The van der Waals surface area contributed by atoms with Gasteiger partial charge in [0, 0.05) is 5.56 Å². The highest BCUT2D eigenvalue weighted by atomic mass is 16.5. The van der Waals surface area contributed by atoms with E-state index in [4.69, 9.17) is 18.6 Å². The molecule has 0 atom stereocenters. The summed E-state index contributed by atoms with van der Waals surface area (Å²) >= 11 is 0. The Hall–Kier alpha value is -4.06. The summed E-state index contributed by atoms with van der Waals surface area (Å²) in [5.41, 5.74) is 10.7. The van der Waals surface area contributed by atoms with Gasteiger partial charge < -0.3 is 13.6 Å². The fourth-order valence-electron chi connectivity index (χ4n) is 5.47. The van der Waals surface area contributed by atoms with Crippen molar-refractivity contribution in [2.24, 2.45) is 0 Å². The Bertz CT molecular complexity index is 1480. The molecule has 0 amide bonds. The molecule has 0 aliphatic heterocycles. The molecular weight excluding hydrogens is 459 g/mol. The summed E-state index contributed by atoms with van der Waals surface area (Å²) in [7, 11) is 1.65. The first kappa shape index (κ1) is 24.6. The molecule has 0 radical (unpaired) electrons. The molecule has 0 bridgehead atoms. The van der Waals surface area contributed by atoms with Crippen molar-refractivity contribution in [1.29, 1.82) is 0 Å². The minimum atomic E-state index is -0.140. The maximum atomic E-state index is 6.44. The van der Waals surface area contributed by atoms with Crippen LogP contribution in [0.2, 0.25) is 0 Å². The van der Waals surface area contributed by atoms with Crippen LogP contribution >= 0.6 is 0 Å². The number of ether oxygens (including phenoxy) is 1. The zero-order chi connectivity index (χ0) is 26.3. The number of aromatic nitrogens is 2. The fraction of sp³-hybridized carbons (Fsp3) is 0.226. The monoisotopic (exact) mass is 490 g/mol. The molecule has 0 fully saturated rings. The quantitative estimate of drug-likeness (QED) is 0.300. The molecule has 0 N–H and O–H groups in total. The van der Waals surface area contributed by atoms with E-state index in [0.29, 0.717) is 23.2 Å². The normalized spacial score (nSPS) is 11.1. The number of hydrogen-bond acceptors (Lipinski definition) is 5. The third kappa shape index (κ3) is 4.71. The third-order valence-corrected chi connectivity index (χ3v) is 6.91. The number of oxazole rings is 2. The van der Waals surface area contributed by atoms with E-state index in [1.807, 2.05) is 24.3 Å². The van der Waals surface area contributed by atoms with Crippen molar-refractivity contribution in [2.45, 2.75) is 41.5 Å². The van der Waals surface area contributed by atoms with E-state index in [0.717, 1.165) is 11.3 Å². The van der Waals surface area contributed by atoms with Gasteiger partial charge in [0.1, 0.15) is 5.75 Å². The Kier molecular flexibility index (Phi) is 6.51. The number of methoxy groups -OCH3 is 1. The summed E-state index contributed by atoms with van der Waals surface area (Å²) in [5, 5.41) is 0. The number of rotatable bonds is 6. The topological polar surface area (TPSA) is 61.3 Å². The Morgan fingerprint density at radius 2 is 1.14 bits per heavy atom. The number of benzene rings is 3. The third-order valence-electron chi connectivity index (χ3n) is 6.91. The van der Waals surface area contributed by atoms with E-state index in [9.17, 15) is 0 Å². The molecule has 0 saturated carbocycles. The van der Waals surface area contributed by atoms with Crippen molar-refractivity contribution in [2.75, 3.05) is 7.11 Å². The van der Waals surface area contributed by atoms with Gasteiger partial charge in [-0.25, -0.2) is 9.97 Å². The highest BCUT2D eigenvalue weighted by molar-refractivity contribution is 6.95. The number of aryl methyl sites for hydroxylation is 6. The molecule has 2 heterocycles. The number of nitrogens with zero attached hydrogens (tertiary/aromatic N) is 2. The van der Waals surface area contributed by atoms with Crippen molar-refractivity contribution in [3.05, 3.63) is 94.3 Å². The van der Waals surface area contributed by atoms with Crippen molar-refractivity contribution in [3.8, 4) is 28.7 Å². The SMILES string of the molecule is COc1ccc(-c2ncc(-c3cnc(B(c4c(C)cc(C)cc4C)c4c(C)cc(C)cc4C)o3)o2)cc1. The van der Waals surface area contributed by atoms with E-state index >= 15 is 0 Å². The molecular formula is C31H31BN2O3. The second kappa shape index (κ2) is 9.77. The summed E-state index contributed by atoms with van der Waals surface area (Å²) < 4.78 is 17.8. The second-order valence-electron chi connectivity index (χ2n) is 9.88. The molecule has 37 heavy (non-hydrogen) atoms. The lowest BCUT2D eigenvalue weighted by atomic mass is 9.37. The van der Waals surface area contributed by atoms with Crippen LogP contribution in [0, 0.1) is 41.5 Å². The van der Waals surface area contributed by atoms with Gasteiger partial charge in [0.25, 0.3) is 0 Å². The molecule has 0 unspecified atom stereocenters. The van der Waals surface area contributed by atoms with Crippen molar-refractivity contribution >= 4 is 23.4 Å². The van der Waals surface area contributed by atoms with E-state index in [-0.39, 0.29) is 6.71 Å². The first-order valence-corrected chi connectivity index (χ1v) is 12.5. The van der Waals surface area contributed by atoms with Crippen molar-refractivity contribution in [3.63, 3.8) is 0 Å². The Balaban J connectivity index is 1.60. The van der Waals surface area contributed by atoms with Crippen molar-refractivity contribution < 1.29 is 13.6 Å². The summed E-state index contributed by atoms with van der Waals surface area (Å²) in [4.78, 5) is 9.26. The van der Waals surface area contributed by atoms with Gasteiger partial charge in [0.05, 0.1) is 19.5 Å². The Morgan fingerprint density at radius 3 is 1.65 bits per heavy atom. The summed E-state index contributed by atoms with van der Waals surface area (Å²) in [6.45, 7) is 12.8. The number of hydrogen-bond donors (Lipinski definition) is 0. The van der Waals surface area contributed by atoms with Gasteiger partial charge in [-0.05, 0) is 65.8 Å². The molecule has 0 aliphatic carbocycles. The lowest BCUT2D eigenvalue weighted by Gasteiger charge is -2.21. The lowest BCUT2D eigenvalue weighted by Crippen LogP contribution is -2.56. The molecule has 0 aliphatic rings. The minimum Gasteiger partial charge on any atom is -0.497 e. The van der Waals surface area contributed by atoms with Crippen LogP contribution in [0.4, 0.5) is 0 Å². The van der Waals surface area contributed by atoms with Gasteiger partial charge in [-0.3, -0.25) is 0 Å². The van der Waals surface area contributed by atoms with Crippen LogP contribution in [0.25, 0.3) is 23.0 Å². The fourth-order valence-corrected chi connectivity index (χ4v) is 5.47. The molecule has 2 aromatic heterocycles. The summed E-state index contributed by atoms with van der Waals surface area (Å²) in [6.07, 6.45) is 3.42. The Morgan fingerprint density at radius 1 is 0.649 bits per heavy atom. The molecule has 5 rings (SSSR count). The standard InChI is InChI=1S/C31H31BN2O3/c1-18-12-20(3)28(21(4)13-18)32(29-22(5)14-19(2)15-23(29)6)31-34-17-27(37-31)26-16-33-30(36-26)24-8-10-25(35-7)11-9-24/h8-17H,1-7H3. The van der Waals surface area contributed by atoms with Gasteiger partial charge in [-0.15, -0.1) is 0 Å². The molecule has 5 nitrogen and oxygen atoms in total. The first-order chi connectivity index (χ1) is 17.7. The van der Waals surface area contributed by atoms with E-state index in [2.05, 4.69) is 70.8 Å². The molecule has 5 aromatic rings. The van der Waals surface area contributed by atoms with Crippen LogP contribution in [0.15, 0.2) is 69.8 Å². The van der Waals surface area contributed by atoms with Crippen molar-refractivity contribution in [1.82, 2.24) is 9.97 Å². The van der Waals surface area contributed by atoms with Gasteiger partial charge in [-0.2, -0.15) is 0 Å². The van der Waals surface area contributed by atoms with Crippen LogP contribution in [0.1, 0.15) is 33.4 Å². The predicted molar refractivity (Wildman–Crippen MR) is 150 cm³/mol. The molecule has 3 aromatic carbocycles. The first-order valence-electron chi connectivity index (χ1n) is 12.5. The average Bonchev–Trinajstić information content (AvgIpc) is 3.52. The lowest BCUT2D eigenvalue weighted by molar-refractivity contribution is 0.415. The summed E-state index contributed by atoms with van der Waals surface area (Å²) in [6, 6.07) is 16.5. The molecule has 186 valence electrons. The van der Waals surface area contributed by atoms with Gasteiger partial charge in [-0.1, -0.05) is 68.6 Å². The van der Waals surface area contributed by atoms with Gasteiger partial charge in [0.2, 0.25) is 5.89 Å². The van der Waals surface area contributed by atoms with Gasteiger partial charge in [0.15, 0.2) is 17.3 Å². The van der Waals surface area contributed by atoms with Crippen LogP contribution in [0.3, 0.4) is 0 Å². The van der Waals surface area contributed by atoms with Crippen LogP contribution < -0.4 is 21.5 Å². The van der Waals surface area contributed by atoms with Crippen LogP contribution in [-0.2, 0) is 0 Å². The zero-order valence-corrected chi connectivity index (χ0v) is 22.5. The highest BCUT2D eigenvalue weighted by Gasteiger charge is 2.33. The molecule has 0 saturated heterocycles. The smallest absolute Gasteiger partial charge is 0.314 e. The average molecular weight is 490 g/mol. The predicted octanol–water partition coefficient (Wildman–Crippen LogP) is 5.37. The van der Waals surface area contributed by atoms with E-state index < -0.39 is 0 Å². The maximum Gasteiger partial charge on any atom is 0.314 e. The second-order valence-corrected chi connectivity index (χ2v) is 9.88.